The van der Waals surface area contributed by atoms with E-state index in [1.807, 2.05) is 19.1 Å². The molecule has 2 N–H and O–H groups in total. The van der Waals surface area contributed by atoms with Gasteiger partial charge in [-0.1, -0.05) is 25.1 Å². The molecule has 2 aliphatic heterocycles. The number of benzene rings is 1. The summed E-state index contributed by atoms with van der Waals surface area (Å²) >= 11 is 0. The minimum absolute atomic E-state index is 0.375. The van der Waals surface area contributed by atoms with Gasteiger partial charge in [-0.15, -0.1) is 0 Å². The molecule has 0 spiro atoms. The monoisotopic (exact) mass is 365 g/mol. The van der Waals surface area contributed by atoms with E-state index in [0.29, 0.717) is 17.9 Å². The predicted molar refractivity (Wildman–Crippen MR) is 110 cm³/mol. The number of rotatable bonds is 4. The predicted octanol–water partition coefficient (Wildman–Crippen LogP) is 3.77. The highest BCUT2D eigenvalue weighted by Crippen LogP contribution is 2.45. The van der Waals surface area contributed by atoms with Gasteiger partial charge in [-0.25, -0.2) is 0 Å². The number of nitrogens with one attached hydrogen (secondary N) is 1. The topological polar surface area (TPSA) is 48.4 Å². The second-order valence-corrected chi connectivity index (χ2v) is 8.58. The zero-order valence-electron chi connectivity index (χ0n) is 16.7. The maximum absolute atomic E-state index is 11.2. The number of aliphatic hydroxyl groups is 1. The molecule has 0 bridgehead atoms. The third-order valence-corrected chi connectivity index (χ3v) is 6.52. The Hall–Kier alpha value is -1.91. The lowest BCUT2D eigenvalue weighted by atomic mass is 9.78. The van der Waals surface area contributed by atoms with E-state index >= 15 is 0 Å². The first-order valence-electron chi connectivity index (χ1n) is 10.2. The van der Waals surface area contributed by atoms with Gasteiger partial charge in [-0.05, 0) is 69.0 Å². The van der Waals surface area contributed by atoms with E-state index in [9.17, 15) is 5.11 Å². The number of nitrogens with zero attached hydrogens (tertiary/aromatic N) is 2. The summed E-state index contributed by atoms with van der Waals surface area (Å²) in [5, 5.41) is 15.1. The molecule has 0 saturated carbocycles. The van der Waals surface area contributed by atoms with Gasteiger partial charge in [0.1, 0.15) is 0 Å². The normalized spacial score (nSPS) is 27.2. The van der Waals surface area contributed by atoms with Gasteiger partial charge in [-0.3, -0.25) is 4.98 Å². The summed E-state index contributed by atoms with van der Waals surface area (Å²) in [5.74, 6) is 0.890. The van der Waals surface area contributed by atoms with Crippen molar-refractivity contribution in [1.82, 2.24) is 9.88 Å². The molecule has 2 aromatic rings. The molecule has 0 aliphatic carbocycles. The zero-order valence-corrected chi connectivity index (χ0v) is 16.7. The number of aryl methyl sites for hydroxylation is 1. The number of hydrogen-bond acceptors (Lipinski definition) is 4. The van der Waals surface area contributed by atoms with E-state index in [4.69, 9.17) is 0 Å². The molecule has 144 valence electrons. The fourth-order valence-corrected chi connectivity index (χ4v) is 4.93. The number of aromatic nitrogens is 1. The molecule has 27 heavy (non-hydrogen) atoms. The molecule has 0 radical (unpaired) electrons. The first-order chi connectivity index (χ1) is 13.0. The van der Waals surface area contributed by atoms with Crippen molar-refractivity contribution in [3.8, 4) is 0 Å². The Balaban J connectivity index is 1.62. The van der Waals surface area contributed by atoms with Crippen LogP contribution in [-0.4, -0.2) is 41.2 Å². The van der Waals surface area contributed by atoms with Gasteiger partial charge in [0.05, 0.1) is 5.60 Å². The summed E-state index contributed by atoms with van der Waals surface area (Å²) in [7, 11) is 2.22. The van der Waals surface area contributed by atoms with E-state index in [2.05, 4.69) is 47.4 Å². The summed E-state index contributed by atoms with van der Waals surface area (Å²) in [5.41, 5.74) is 4.19. The minimum Gasteiger partial charge on any atom is -0.385 e. The van der Waals surface area contributed by atoms with E-state index < -0.39 is 5.60 Å². The van der Waals surface area contributed by atoms with Crippen molar-refractivity contribution in [1.29, 1.82) is 0 Å². The molecule has 3 heterocycles. The lowest BCUT2D eigenvalue weighted by Crippen LogP contribution is -2.36. The first-order valence-corrected chi connectivity index (χ1v) is 10.2. The molecule has 2 aliphatic rings. The van der Waals surface area contributed by atoms with Gasteiger partial charge in [0.25, 0.3) is 0 Å². The lowest BCUT2D eigenvalue weighted by molar-refractivity contribution is 0.0252. The average Bonchev–Trinajstić information content (AvgIpc) is 2.95. The smallest absolute Gasteiger partial charge is 0.0886 e. The van der Waals surface area contributed by atoms with Gasteiger partial charge in [0, 0.05) is 42.1 Å². The molecule has 4 unspecified atom stereocenters. The van der Waals surface area contributed by atoms with Gasteiger partial charge in [0.15, 0.2) is 0 Å². The van der Waals surface area contributed by atoms with Crippen molar-refractivity contribution in [2.75, 3.05) is 25.5 Å². The molecule has 4 heteroatoms. The van der Waals surface area contributed by atoms with Crippen LogP contribution in [0.15, 0.2) is 42.7 Å². The van der Waals surface area contributed by atoms with Crippen molar-refractivity contribution < 1.29 is 5.11 Å². The van der Waals surface area contributed by atoms with Crippen molar-refractivity contribution in [3.63, 3.8) is 0 Å². The number of likely N-dealkylation sites (N-methyl/N-ethyl adjacent to an activating group) is 1. The van der Waals surface area contributed by atoms with Crippen LogP contribution in [0.2, 0.25) is 0 Å². The van der Waals surface area contributed by atoms with Gasteiger partial charge in [-0.2, -0.15) is 0 Å². The van der Waals surface area contributed by atoms with Crippen molar-refractivity contribution in [2.24, 2.45) is 5.92 Å². The highest BCUT2D eigenvalue weighted by atomic mass is 16.3. The molecule has 4 atom stereocenters. The second-order valence-electron chi connectivity index (χ2n) is 8.58. The van der Waals surface area contributed by atoms with Crippen LogP contribution in [0.5, 0.6) is 0 Å². The summed E-state index contributed by atoms with van der Waals surface area (Å²) in [6.45, 7) is 6.30. The second kappa shape index (κ2) is 7.25. The van der Waals surface area contributed by atoms with Crippen molar-refractivity contribution in [2.45, 2.75) is 50.7 Å². The van der Waals surface area contributed by atoms with E-state index in [1.165, 1.54) is 16.8 Å². The highest BCUT2D eigenvalue weighted by molar-refractivity contribution is 5.61. The van der Waals surface area contributed by atoms with Crippen LogP contribution in [0.4, 0.5) is 5.69 Å². The summed E-state index contributed by atoms with van der Waals surface area (Å²) in [4.78, 5) is 6.66. The number of pyridine rings is 1. The third kappa shape index (κ3) is 3.61. The Kier molecular flexibility index (Phi) is 4.95. The SMILES string of the molecule is CCc1ccc2c(c1)C1CN(C)CCC(CC(C)(O)c3cccnc3)C1N2. The number of anilines is 1. The maximum atomic E-state index is 11.2. The molecule has 1 fully saturated rings. The van der Waals surface area contributed by atoms with Crippen LogP contribution >= 0.6 is 0 Å². The van der Waals surface area contributed by atoms with Gasteiger partial charge >= 0.3 is 0 Å². The Labute approximate surface area is 162 Å². The Morgan fingerprint density at radius 3 is 2.93 bits per heavy atom. The standard InChI is InChI=1S/C23H31N3O/c1-4-16-7-8-21-19(12-16)20-15-26(3)11-9-17(22(20)25-21)13-23(2,27)18-6-5-10-24-14-18/h5-8,10,12,14,17,20,22,25,27H,4,9,11,13,15H2,1-3H3. The summed E-state index contributed by atoms with van der Waals surface area (Å²) in [6, 6.07) is 11.1. The van der Waals surface area contributed by atoms with E-state index in [0.717, 1.165) is 37.9 Å². The number of fused-ring (bicyclic) bond motifs is 3. The highest BCUT2D eigenvalue weighted by Gasteiger charge is 2.42. The maximum Gasteiger partial charge on any atom is 0.0886 e. The minimum atomic E-state index is -0.864. The Bertz CT molecular complexity index is 789. The molecule has 1 aromatic carbocycles. The van der Waals surface area contributed by atoms with Gasteiger partial charge < -0.3 is 15.3 Å². The van der Waals surface area contributed by atoms with Crippen LogP contribution in [0.1, 0.15) is 49.3 Å². The fraction of sp³-hybridized carbons (Fsp3) is 0.522. The van der Waals surface area contributed by atoms with Crippen LogP contribution in [-0.2, 0) is 12.0 Å². The fourth-order valence-electron chi connectivity index (χ4n) is 4.93. The Morgan fingerprint density at radius 2 is 2.19 bits per heavy atom. The van der Waals surface area contributed by atoms with Crippen molar-refractivity contribution >= 4 is 5.69 Å². The number of hydrogen-bond donors (Lipinski definition) is 2. The quantitative estimate of drug-likeness (QED) is 0.866. The lowest BCUT2D eigenvalue weighted by Gasteiger charge is -2.33. The average molecular weight is 366 g/mol. The summed E-state index contributed by atoms with van der Waals surface area (Å²) < 4.78 is 0. The van der Waals surface area contributed by atoms with Crippen LogP contribution in [0, 0.1) is 5.92 Å². The van der Waals surface area contributed by atoms with Crippen LogP contribution in [0.25, 0.3) is 0 Å². The zero-order chi connectivity index (χ0) is 19.0. The third-order valence-electron chi connectivity index (χ3n) is 6.52. The Morgan fingerprint density at radius 1 is 1.33 bits per heavy atom. The van der Waals surface area contributed by atoms with E-state index in [1.54, 1.807) is 12.4 Å². The summed E-state index contributed by atoms with van der Waals surface area (Å²) in [6.07, 6.45) is 6.46. The van der Waals surface area contributed by atoms with E-state index in [-0.39, 0.29) is 0 Å². The van der Waals surface area contributed by atoms with Crippen LogP contribution in [0.3, 0.4) is 0 Å². The molecule has 1 aromatic heterocycles. The van der Waals surface area contributed by atoms with Crippen LogP contribution < -0.4 is 5.32 Å². The first kappa shape index (κ1) is 18.5. The molecule has 4 nitrogen and oxygen atoms in total. The largest absolute Gasteiger partial charge is 0.385 e. The molecule has 4 rings (SSSR count). The van der Waals surface area contributed by atoms with Gasteiger partial charge in [0.2, 0.25) is 0 Å². The number of likely N-dealkylation sites (tertiary alicyclic amines) is 1. The molecular weight excluding hydrogens is 334 g/mol. The molecule has 0 amide bonds. The van der Waals surface area contributed by atoms with Crippen molar-refractivity contribution in [3.05, 3.63) is 59.4 Å². The molecular formula is C23H31N3O. The molecule has 1 saturated heterocycles.